The molecule has 2 aromatic carbocycles. The molecule has 0 unspecified atom stereocenters. The lowest BCUT2D eigenvalue weighted by Gasteiger charge is -2.12. The number of hydrogen-bond acceptors (Lipinski definition) is 6. The molecule has 1 aliphatic rings. The van der Waals surface area contributed by atoms with E-state index in [0.717, 1.165) is 4.31 Å². The normalized spacial score (nSPS) is 15.1. The molecule has 0 saturated carbocycles. The molecule has 0 bridgehead atoms. The van der Waals surface area contributed by atoms with Crippen molar-refractivity contribution in [2.75, 3.05) is 7.11 Å². The number of nitrogens with zero attached hydrogens (tertiary/aromatic N) is 2. The Kier molecular flexibility index (Phi) is 3.77. The van der Waals surface area contributed by atoms with Crippen molar-refractivity contribution in [1.29, 1.82) is 0 Å². The minimum atomic E-state index is -3.89. The minimum absolute atomic E-state index is 0.00877. The van der Waals surface area contributed by atoms with E-state index in [9.17, 15) is 13.2 Å². The standard InChI is InChI=1S/C18H14N2O5S/c1-24-16-8-4-2-6-13(16)15-10-12(25-19-15)11-20-18(21)14-7-3-5-9-17(14)26(20,22)23/h2-10H,11H2,1H3. The third-order valence-corrected chi connectivity index (χ3v) is 5.94. The number of para-hydroxylation sites is 1. The zero-order valence-electron chi connectivity index (χ0n) is 13.7. The van der Waals surface area contributed by atoms with Gasteiger partial charge in [0.2, 0.25) is 0 Å². The molecule has 0 saturated heterocycles. The van der Waals surface area contributed by atoms with E-state index in [1.54, 1.807) is 31.4 Å². The molecular formula is C18H14N2O5S. The number of fused-ring (bicyclic) bond motifs is 1. The fourth-order valence-corrected chi connectivity index (χ4v) is 4.43. The van der Waals surface area contributed by atoms with Crippen molar-refractivity contribution < 1.29 is 22.5 Å². The first kappa shape index (κ1) is 16.3. The smallest absolute Gasteiger partial charge is 0.269 e. The Morgan fingerprint density at radius 2 is 1.77 bits per heavy atom. The maximum Gasteiger partial charge on any atom is 0.269 e. The van der Waals surface area contributed by atoms with E-state index in [-0.39, 0.29) is 22.8 Å². The highest BCUT2D eigenvalue weighted by atomic mass is 32.2. The Morgan fingerprint density at radius 3 is 2.50 bits per heavy atom. The van der Waals surface area contributed by atoms with E-state index in [4.69, 9.17) is 9.26 Å². The van der Waals surface area contributed by atoms with Gasteiger partial charge in [-0.15, -0.1) is 0 Å². The molecule has 0 atom stereocenters. The summed E-state index contributed by atoms with van der Waals surface area (Å²) in [5, 5.41) is 3.97. The highest BCUT2D eigenvalue weighted by Crippen LogP contribution is 2.33. The Balaban J connectivity index is 1.66. The number of hydrogen-bond donors (Lipinski definition) is 0. The van der Waals surface area contributed by atoms with Crippen LogP contribution in [0.3, 0.4) is 0 Å². The van der Waals surface area contributed by atoms with Crippen LogP contribution in [0.2, 0.25) is 0 Å². The van der Waals surface area contributed by atoms with Crippen molar-refractivity contribution >= 4 is 15.9 Å². The van der Waals surface area contributed by atoms with Gasteiger partial charge in [0.05, 0.1) is 19.2 Å². The Morgan fingerprint density at radius 1 is 1.08 bits per heavy atom. The number of carbonyl (C=O) groups is 1. The van der Waals surface area contributed by atoms with Crippen LogP contribution in [0, 0.1) is 0 Å². The average molecular weight is 370 g/mol. The number of amides is 1. The molecule has 1 aromatic heterocycles. The third-order valence-electron chi connectivity index (χ3n) is 4.15. The summed E-state index contributed by atoms with van der Waals surface area (Å²) in [5.74, 6) is 0.302. The van der Waals surface area contributed by atoms with Gasteiger partial charge in [-0.3, -0.25) is 4.79 Å². The van der Waals surface area contributed by atoms with Crippen LogP contribution in [-0.2, 0) is 16.6 Å². The van der Waals surface area contributed by atoms with Crippen LogP contribution in [0.25, 0.3) is 11.3 Å². The fraction of sp³-hybridized carbons (Fsp3) is 0.111. The molecule has 1 amide bonds. The summed E-state index contributed by atoms with van der Waals surface area (Å²) in [6, 6.07) is 15.0. The lowest BCUT2D eigenvalue weighted by molar-refractivity contribution is 0.0856. The lowest BCUT2D eigenvalue weighted by atomic mass is 10.1. The maximum atomic E-state index is 12.6. The van der Waals surface area contributed by atoms with Gasteiger partial charge in [0.1, 0.15) is 16.3 Å². The number of sulfonamides is 1. The Hall–Kier alpha value is -3.13. The van der Waals surface area contributed by atoms with Crippen LogP contribution in [0.15, 0.2) is 64.0 Å². The van der Waals surface area contributed by atoms with Crippen molar-refractivity contribution in [3.63, 3.8) is 0 Å². The van der Waals surface area contributed by atoms with Gasteiger partial charge >= 0.3 is 0 Å². The molecule has 2 heterocycles. The van der Waals surface area contributed by atoms with Crippen LogP contribution >= 0.6 is 0 Å². The molecular weight excluding hydrogens is 356 g/mol. The van der Waals surface area contributed by atoms with Gasteiger partial charge in [-0.05, 0) is 24.3 Å². The predicted molar refractivity (Wildman–Crippen MR) is 92.0 cm³/mol. The second-order valence-electron chi connectivity index (χ2n) is 5.69. The SMILES string of the molecule is COc1ccccc1-c1cc(CN2C(=O)c3ccccc3S2(=O)=O)on1. The summed E-state index contributed by atoms with van der Waals surface area (Å²) >= 11 is 0. The number of benzene rings is 2. The molecule has 0 spiro atoms. The molecule has 3 aromatic rings. The highest BCUT2D eigenvalue weighted by molar-refractivity contribution is 7.90. The monoisotopic (exact) mass is 370 g/mol. The summed E-state index contributed by atoms with van der Waals surface area (Å²) in [5.41, 5.74) is 1.37. The summed E-state index contributed by atoms with van der Waals surface area (Å²) in [7, 11) is -2.34. The molecule has 0 radical (unpaired) electrons. The molecule has 1 aliphatic heterocycles. The first-order valence-electron chi connectivity index (χ1n) is 7.77. The van der Waals surface area contributed by atoms with Crippen LogP contribution in [0.4, 0.5) is 0 Å². The average Bonchev–Trinajstić information content (AvgIpc) is 3.20. The van der Waals surface area contributed by atoms with E-state index in [2.05, 4.69) is 5.16 Å². The maximum absolute atomic E-state index is 12.6. The molecule has 132 valence electrons. The third kappa shape index (κ3) is 2.46. The topological polar surface area (TPSA) is 89.7 Å². The number of aromatic nitrogens is 1. The second-order valence-corrected chi connectivity index (χ2v) is 7.52. The van der Waals surface area contributed by atoms with Crippen molar-refractivity contribution in [2.45, 2.75) is 11.4 Å². The highest BCUT2D eigenvalue weighted by Gasteiger charge is 2.41. The predicted octanol–water partition coefficient (Wildman–Crippen LogP) is 2.69. The van der Waals surface area contributed by atoms with Gasteiger partial charge in [0, 0.05) is 11.6 Å². The van der Waals surface area contributed by atoms with Gasteiger partial charge in [-0.2, -0.15) is 0 Å². The summed E-state index contributed by atoms with van der Waals surface area (Å²) < 4.78 is 36.5. The Labute approximate surface area is 149 Å². The largest absolute Gasteiger partial charge is 0.496 e. The minimum Gasteiger partial charge on any atom is -0.496 e. The van der Waals surface area contributed by atoms with Crippen LogP contribution in [0.1, 0.15) is 16.1 Å². The summed E-state index contributed by atoms with van der Waals surface area (Å²) in [6.07, 6.45) is 0. The van der Waals surface area contributed by atoms with E-state index in [0.29, 0.717) is 17.0 Å². The molecule has 0 aliphatic carbocycles. The number of ether oxygens (including phenoxy) is 1. The van der Waals surface area contributed by atoms with E-state index in [1.807, 2.05) is 18.2 Å². The van der Waals surface area contributed by atoms with Crippen LogP contribution in [0.5, 0.6) is 5.75 Å². The molecule has 26 heavy (non-hydrogen) atoms. The van der Waals surface area contributed by atoms with Gasteiger partial charge in [0.15, 0.2) is 5.76 Å². The molecule has 0 N–H and O–H groups in total. The van der Waals surface area contributed by atoms with Gasteiger partial charge < -0.3 is 9.26 Å². The zero-order chi connectivity index (χ0) is 18.3. The van der Waals surface area contributed by atoms with E-state index < -0.39 is 15.9 Å². The van der Waals surface area contributed by atoms with Crippen molar-refractivity contribution in [2.24, 2.45) is 0 Å². The fourth-order valence-electron chi connectivity index (χ4n) is 2.90. The van der Waals surface area contributed by atoms with Crippen molar-refractivity contribution in [1.82, 2.24) is 9.46 Å². The van der Waals surface area contributed by atoms with Crippen LogP contribution in [-0.4, -0.2) is 30.9 Å². The first-order valence-corrected chi connectivity index (χ1v) is 9.21. The van der Waals surface area contributed by atoms with Crippen molar-refractivity contribution in [3.05, 3.63) is 65.9 Å². The van der Waals surface area contributed by atoms with Gasteiger partial charge in [0.25, 0.3) is 15.9 Å². The lowest BCUT2D eigenvalue weighted by Crippen LogP contribution is -2.29. The van der Waals surface area contributed by atoms with Gasteiger partial charge in [-0.25, -0.2) is 12.7 Å². The number of methoxy groups -OCH3 is 1. The number of rotatable bonds is 4. The zero-order valence-corrected chi connectivity index (χ0v) is 14.6. The van der Waals surface area contributed by atoms with E-state index in [1.165, 1.54) is 12.1 Å². The van der Waals surface area contributed by atoms with Gasteiger partial charge in [-0.1, -0.05) is 29.4 Å². The molecule has 7 nitrogen and oxygen atoms in total. The first-order chi connectivity index (χ1) is 12.5. The quantitative estimate of drug-likeness (QED) is 0.701. The molecule has 8 heteroatoms. The molecule has 4 rings (SSSR count). The van der Waals surface area contributed by atoms with E-state index >= 15 is 0 Å². The molecule has 0 fully saturated rings. The summed E-state index contributed by atoms with van der Waals surface area (Å²) in [6.45, 7) is -0.224. The number of carbonyl (C=O) groups excluding carboxylic acids is 1. The van der Waals surface area contributed by atoms with Crippen molar-refractivity contribution in [3.8, 4) is 17.0 Å². The summed E-state index contributed by atoms with van der Waals surface area (Å²) in [4.78, 5) is 12.5. The van der Waals surface area contributed by atoms with Crippen LogP contribution < -0.4 is 4.74 Å². The Bertz CT molecular complexity index is 1100. The second kappa shape index (κ2) is 5.99.